The summed E-state index contributed by atoms with van der Waals surface area (Å²) in [6, 6.07) is 3.06. The number of benzene rings is 1. The lowest BCUT2D eigenvalue weighted by atomic mass is 10.3. The van der Waals surface area contributed by atoms with Gasteiger partial charge in [0.1, 0.15) is 6.04 Å². The van der Waals surface area contributed by atoms with E-state index in [0.717, 1.165) is 0 Å². The van der Waals surface area contributed by atoms with E-state index >= 15 is 0 Å². The number of hydrogen-bond donors (Lipinski definition) is 3. The number of rotatable bonds is 3. The molecule has 1 atom stereocenters. The predicted molar refractivity (Wildman–Crippen MR) is 65.7 cm³/mol. The number of para-hydroxylation sites is 1. The van der Waals surface area contributed by atoms with Crippen LogP contribution >= 0.6 is 23.2 Å². The van der Waals surface area contributed by atoms with Gasteiger partial charge in [-0.2, -0.15) is 0 Å². The van der Waals surface area contributed by atoms with E-state index in [1.54, 1.807) is 18.2 Å². The van der Waals surface area contributed by atoms with Crippen LogP contribution in [-0.2, 0) is 4.79 Å². The standard InChI is InChI=1S/C10H10Cl2N2O3/c1-5(9(15)16)13-10(17)14-8-6(11)3-2-4-7(8)12/h2-5H,1H3,(H,15,16)(H2,13,14,17). The molecule has 0 fully saturated rings. The van der Waals surface area contributed by atoms with E-state index < -0.39 is 18.0 Å². The number of carboxylic acid groups (broad SMARTS) is 1. The molecule has 17 heavy (non-hydrogen) atoms. The van der Waals surface area contributed by atoms with Gasteiger partial charge in [0.15, 0.2) is 0 Å². The number of halogens is 2. The second-order valence-corrected chi connectivity index (χ2v) is 4.07. The van der Waals surface area contributed by atoms with Gasteiger partial charge >= 0.3 is 12.0 Å². The molecule has 0 radical (unpaired) electrons. The van der Waals surface area contributed by atoms with E-state index in [1.807, 2.05) is 0 Å². The molecule has 1 unspecified atom stereocenters. The third-order valence-corrected chi connectivity index (χ3v) is 2.55. The molecule has 5 nitrogen and oxygen atoms in total. The normalized spacial score (nSPS) is 11.7. The maximum absolute atomic E-state index is 11.4. The van der Waals surface area contributed by atoms with Crippen LogP contribution in [-0.4, -0.2) is 23.1 Å². The summed E-state index contributed by atoms with van der Waals surface area (Å²) in [4.78, 5) is 22.0. The Hall–Kier alpha value is -1.46. The van der Waals surface area contributed by atoms with Crippen LogP contribution in [0.15, 0.2) is 18.2 Å². The Bertz CT molecular complexity index is 431. The summed E-state index contributed by atoms with van der Waals surface area (Å²) in [7, 11) is 0. The van der Waals surface area contributed by atoms with Gasteiger partial charge in [-0.3, -0.25) is 4.79 Å². The topological polar surface area (TPSA) is 78.4 Å². The molecule has 1 aromatic carbocycles. The Kier molecular flexibility index (Phi) is 4.60. The van der Waals surface area contributed by atoms with Gasteiger partial charge < -0.3 is 15.7 Å². The van der Waals surface area contributed by atoms with Crippen LogP contribution in [0.1, 0.15) is 6.92 Å². The molecule has 3 N–H and O–H groups in total. The van der Waals surface area contributed by atoms with Crippen LogP contribution in [0.25, 0.3) is 0 Å². The second-order valence-electron chi connectivity index (χ2n) is 3.26. The van der Waals surface area contributed by atoms with Crippen molar-refractivity contribution in [2.24, 2.45) is 0 Å². The summed E-state index contributed by atoms with van der Waals surface area (Å²) in [5, 5.41) is 13.8. The third-order valence-electron chi connectivity index (χ3n) is 1.92. The van der Waals surface area contributed by atoms with Gasteiger partial charge in [-0.05, 0) is 19.1 Å². The van der Waals surface area contributed by atoms with E-state index in [-0.39, 0.29) is 15.7 Å². The molecule has 1 rings (SSSR count). The van der Waals surface area contributed by atoms with Crippen molar-refractivity contribution in [3.8, 4) is 0 Å². The van der Waals surface area contributed by atoms with Gasteiger partial charge in [-0.1, -0.05) is 29.3 Å². The highest BCUT2D eigenvalue weighted by Gasteiger charge is 2.15. The van der Waals surface area contributed by atoms with Crippen molar-refractivity contribution in [3.05, 3.63) is 28.2 Å². The van der Waals surface area contributed by atoms with Crippen LogP contribution in [0.4, 0.5) is 10.5 Å². The number of urea groups is 1. The number of hydrogen-bond acceptors (Lipinski definition) is 2. The van der Waals surface area contributed by atoms with Gasteiger partial charge in [-0.15, -0.1) is 0 Å². The third kappa shape index (κ3) is 3.80. The molecular formula is C10H10Cl2N2O3. The summed E-state index contributed by atoms with van der Waals surface area (Å²) in [6.45, 7) is 1.34. The maximum Gasteiger partial charge on any atom is 0.325 e. The van der Waals surface area contributed by atoms with Crippen LogP contribution in [0.3, 0.4) is 0 Å². The van der Waals surface area contributed by atoms with Crippen molar-refractivity contribution in [2.75, 3.05) is 5.32 Å². The quantitative estimate of drug-likeness (QED) is 0.794. The summed E-state index contributed by atoms with van der Waals surface area (Å²) in [5.41, 5.74) is 0.242. The van der Waals surface area contributed by atoms with Crippen LogP contribution in [0.2, 0.25) is 10.0 Å². The summed E-state index contributed by atoms with van der Waals surface area (Å²) in [5.74, 6) is -1.13. The summed E-state index contributed by atoms with van der Waals surface area (Å²) >= 11 is 11.7. The minimum atomic E-state index is -1.13. The zero-order valence-corrected chi connectivity index (χ0v) is 10.3. The van der Waals surface area contributed by atoms with Gasteiger partial charge in [-0.25, -0.2) is 4.79 Å². The first-order chi connectivity index (χ1) is 7.91. The number of carbonyl (C=O) groups is 2. The average Bonchev–Trinajstić information content (AvgIpc) is 2.23. The van der Waals surface area contributed by atoms with Crippen molar-refractivity contribution < 1.29 is 14.7 Å². The molecule has 0 bridgehead atoms. The lowest BCUT2D eigenvalue weighted by Crippen LogP contribution is -2.40. The molecule has 0 heterocycles. The van der Waals surface area contributed by atoms with E-state index in [2.05, 4.69) is 10.6 Å². The molecule has 0 aromatic heterocycles. The van der Waals surface area contributed by atoms with Gasteiger partial charge in [0, 0.05) is 0 Å². The monoisotopic (exact) mass is 276 g/mol. The van der Waals surface area contributed by atoms with E-state index in [4.69, 9.17) is 28.3 Å². The highest BCUT2D eigenvalue weighted by atomic mass is 35.5. The first-order valence-electron chi connectivity index (χ1n) is 4.66. The Morgan fingerprint density at radius 3 is 2.29 bits per heavy atom. The van der Waals surface area contributed by atoms with Crippen molar-refractivity contribution in [1.29, 1.82) is 0 Å². The largest absolute Gasteiger partial charge is 0.480 e. The SMILES string of the molecule is CC(NC(=O)Nc1c(Cl)cccc1Cl)C(=O)O. The summed E-state index contributed by atoms with van der Waals surface area (Å²) < 4.78 is 0. The molecule has 0 saturated carbocycles. The first-order valence-corrected chi connectivity index (χ1v) is 5.41. The van der Waals surface area contributed by atoms with Crippen molar-refractivity contribution >= 4 is 40.9 Å². The molecule has 0 saturated heterocycles. The number of aliphatic carboxylic acids is 1. The fraction of sp³-hybridized carbons (Fsp3) is 0.200. The number of nitrogens with one attached hydrogen (secondary N) is 2. The smallest absolute Gasteiger partial charge is 0.325 e. The van der Waals surface area contributed by atoms with Gasteiger partial charge in [0.25, 0.3) is 0 Å². The Morgan fingerprint density at radius 1 is 1.29 bits per heavy atom. The second kappa shape index (κ2) is 5.75. The molecule has 0 aliphatic rings. The fourth-order valence-corrected chi connectivity index (χ4v) is 1.52. The summed E-state index contributed by atoms with van der Waals surface area (Å²) in [6.07, 6.45) is 0. The molecule has 0 aliphatic carbocycles. The highest BCUT2D eigenvalue weighted by Crippen LogP contribution is 2.29. The predicted octanol–water partition coefficient (Wildman–Crippen LogP) is 2.59. The number of anilines is 1. The molecule has 2 amide bonds. The Morgan fingerprint density at radius 2 is 1.82 bits per heavy atom. The van der Waals surface area contributed by atoms with E-state index in [9.17, 15) is 9.59 Å². The van der Waals surface area contributed by atoms with Crippen LogP contribution in [0, 0.1) is 0 Å². The minimum absolute atomic E-state index is 0.242. The minimum Gasteiger partial charge on any atom is -0.480 e. The van der Waals surface area contributed by atoms with E-state index in [1.165, 1.54) is 6.92 Å². The first kappa shape index (κ1) is 13.6. The zero-order valence-electron chi connectivity index (χ0n) is 8.83. The van der Waals surface area contributed by atoms with Crippen molar-refractivity contribution in [3.63, 3.8) is 0 Å². The molecule has 7 heteroatoms. The van der Waals surface area contributed by atoms with Crippen LogP contribution < -0.4 is 10.6 Å². The lowest BCUT2D eigenvalue weighted by Gasteiger charge is -2.12. The number of carbonyl (C=O) groups excluding carboxylic acids is 1. The fourth-order valence-electron chi connectivity index (χ4n) is 1.03. The molecule has 0 spiro atoms. The van der Waals surface area contributed by atoms with Crippen LogP contribution in [0.5, 0.6) is 0 Å². The molecule has 1 aromatic rings. The molecule has 92 valence electrons. The average molecular weight is 277 g/mol. The Balaban J connectivity index is 2.72. The zero-order chi connectivity index (χ0) is 13.0. The molecular weight excluding hydrogens is 267 g/mol. The van der Waals surface area contributed by atoms with Gasteiger partial charge in [0.05, 0.1) is 15.7 Å². The Labute approximate surface area is 108 Å². The number of amides is 2. The lowest BCUT2D eigenvalue weighted by molar-refractivity contribution is -0.138. The molecule has 0 aliphatic heterocycles. The van der Waals surface area contributed by atoms with E-state index in [0.29, 0.717) is 0 Å². The van der Waals surface area contributed by atoms with Gasteiger partial charge in [0.2, 0.25) is 0 Å². The highest BCUT2D eigenvalue weighted by molar-refractivity contribution is 6.39. The maximum atomic E-state index is 11.4. The number of carboxylic acids is 1. The van der Waals surface area contributed by atoms with Crippen molar-refractivity contribution in [1.82, 2.24) is 5.32 Å². The van der Waals surface area contributed by atoms with Crippen molar-refractivity contribution in [2.45, 2.75) is 13.0 Å².